The Labute approximate surface area is 234 Å². The smallest absolute Gasteiger partial charge is 0.344 e. The zero-order chi connectivity index (χ0) is 27.7. The van der Waals surface area contributed by atoms with Gasteiger partial charge in [0.25, 0.3) is 11.2 Å². The lowest BCUT2D eigenvalue weighted by atomic mass is 9.85. The molecule has 0 aliphatic heterocycles. The first-order valence-corrected chi connectivity index (χ1v) is 13.5. The van der Waals surface area contributed by atoms with Gasteiger partial charge in [-0.05, 0) is 25.7 Å². The van der Waals surface area contributed by atoms with Crippen LogP contribution in [0.1, 0.15) is 47.9 Å². The van der Waals surface area contributed by atoms with Crippen LogP contribution in [0.4, 0.5) is 0 Å². The summed E-state index contributed by atoms with van der Waals surface area (Å²) in [5, 5.41) is 29.5. The van der Waals surface area contributed by atoms with Crippen LogP contribution < -0.4 is 0 Å². The Hall–Kier alpha value is -4.62. The molecule has 40 heavy (non-hydrogen) atoms. The molecule has 6 heteroatoms. The Morgan fingerprint density at radius 2 is 0.725 bits per heavy atom. The van der Waals surface area contributed by atoms with E-state index < -0.39 is 11.2 Å². The van der Waals surface area contributed by atoms with Crippen molar-refractivity contribution in [3.8, 4) is 12.1 Å². The lowest BCUT2D eigenvalue weighted by Crippen LogP contribution is -2.40. The molecule has 4 aromatic carbocycles. The minimum Gasteiger partial charge on any atom is -0.498 e. The van der Waals surface area contributed by atoms with Gasteiger partial charge in [0.05, 0.1) is 12.2 Å². The minimum atomic E-state index is -1.23. The van der Waals surface area contributed by atoms with Gasteiger partial charge in [0.1, 0.15) is 0 Å². The summed E-state index contributed by atoms with van der Waals surface area (Å²) in [7, 11) is 0. The van der Waals surface area contributed by atoms with Crippen molar-refractivity contribution in [3.63, 3.8) is 0 Å². The fourth-order valence-electron chi connectivity index (χ4n) is 5.50. The summed E-state index contributed by atoms with van der Waals surface area (Å²) in [6, 6.07) is 43.8. The van der Waals surface area contributed by atoms with E-state index in [1.54, 1.807) is 0 Å². The maximum absolute atomic E-state index is 11.6. The topological polar surface area (TPSA) is 73.3 Å². The number of hydrogen-bond acceptors (Lipinski definition) is 4. The molecule has 6 nitrogen and oxygen atoms in total. The molecule has 0 radical (unpaired) electrons. The van der Waals surface area contributed by atoms with Gasteiger partial charge in [0.15, 0.2) is 0 Å². The second kappa shape index (κ2) is 12.5. The van der Waals surface area contributed by atoms with Crippen molar-refractivity contribution < 1.29 is 9.47 Å². The minimum absolute atomic E-state index is 0.172. The van der Waals surface area contributed by atoms with E-state index in [0.717, 1.165) is 22.3 Å². The lowest BCUT2D eigenvalue weighted by Gasteiger charge is -2.37. The maximum atomic E-state index is 11.6. The van der Waals surface area contributed by atoms with E-state index in [2.05, 4.69) is 22.2 Å². The number of nitrogens with zero attached hydrogens (tertiary/aromatic N) is 2. The SMILES string of the molecule is [O-][N+]#CC(OC1CCC(OC(C#[N+][O-])(c2ccccc2)c2ccccc2)CC1)(c1ccccc1)c1ccccc1. The molecule has 0 unspecified atom stereocenters. The molecule has 4 aromatic rings. The molecular weight excluding hydrogens is 500 g/mol. The fraction of sp³-hybridized carbons (Fsp3) is 0.235. The Bertz CT molecular complexity index is 1290. The second-order valence-electron chi connectivity index (χ2n) is 9.87. The normalized spacial score (nSPS) is 17.1. The number of ether oxygens (including phenoxy) is 2. The first-order chi connectivity index (χ1) is 19.7. The van der Waals surface area contributed by atoms with Gasteiger partial charge in [0.2, 0.25) is 0 Å². The standard InChI is InChI=1S/C34H30N2O4/c37-35-25-33(27-13-5-1-6-14-27,28-15-7-2-8-16-28)39-31-21-23-32(24-22-31)40-34(26-36-38,29-17-9-3-10-18-29)30-19-11-4-12-20-30/h1-20,31-32H,21-24H2. The Kier molecular flexibility index (Phi) is 8.42. The molecule has 0 N–H and O–H groups in total. The summed E-state index contributed by atoms with van der Waals surface area (Å²) in [6.45, 7) is 0. The summed E-state index contributed by atoms with van der Waals surface area (Å²) in [5.41, 5.74) is 0.674. The summed E-state index contributed by atoms with van der Waals surface area (Å²) < 4.78 is 13.5. The Balaban J connectivity index is 1.40. The third kappa shape index (κ3) is 5.55. The molecule has 0 amide bonds. The Morgan fingerprint density at radius 3 is 0.950 bits per heavy atom. The van der Waals surface area contributed by atoms with E-state index in [4.69, 9.17) is 9.47 Å². The molecule has 1 saturated carbocycles. The van der Waals surface area contributed by atoms with E-state index in [-0.39, 0.29) is 12.2 Å². The molecule has 1 aliphatic carbocycles. The number of benzene rings is 4. The molecular formula is C34H30N2O4. The van der Waals surface area contributed by atoms with Gasteiger partial charge in [-0.25, -0.2) is 0 Å². The summed E-state index contributed by atoms with van der Waals surface area (Å²) >= 11 is 0. The lowest BCUT2D eigenvalue weighted by molar-refractivity contribution is -0.101. The highest BCUT2D eigenvalue weighted by Crippen LogP contribution is 2.41. The molecule has 0 spiro atoms. The van der Waals surface area contributed by atoms with Gasteiger partial charge >= 0.3 is 12.1 Å². The van der Waals surface area contributed by atoms with Crippen molar-refractivity contribution in [2.24, 2.45) is 0 Å². The van der Waals surface area contributed by atoms with Gasteiger partial charge in [-0.3, -0.25) is 0 Å². The van der Waals surface area contributed by atoms with Crippen molar-refractivity contribution >= 4 is 0 Å². The third-order valence-electron chi connectivity index (χ3n) is 7.44. The summed E-state index contributed by atoms with van der Waals surface area (Å²) in [5.74, 6) is 0. The van der Waals surface area contributed by atoms with Crippen LogP contribution in [0.3, 0.4) is 0 Å². The maximum Gasteiger partial charge on any atom is 0.344 e. The van der Waals surface area contributed by atoms with Crippen LogP contribution in [0, 0.1) is 22.6 Å². The zero-order valence-electron chi connectivity index (χ0n) is 22.1. The van der Waals surface area contributed by atoms with Crippen molar-refractivity contribution in [1.29, 1.82) is 0 Å². The number of rotatable bonds is 8. The quantitative estimate of drug-likeness (QED) is 0.217. The molecule has 0 heterocycles. The highest BCUT2D eigenvalue weighted by atomic mass is 16.5. The van der Waals surface area contributed by atoms with Crippen LogP contribution in [0.25, 0.3) is 10.0 Å². The largest absolute Gasteiger partial charge is 0.498 e. The van der Waals surface area contributed by atoms with Gasteiger partial charge in [-0.2, -0.15) is 0 Å². The molecule has 1 aliphatic rings. The van der Waals surface area contributed by atoms with Crippen molar-refractivity contribution in [1.82, 2.24) is 0 Å². The summed E-state index contributed by atoms with van der Waals surface area (Å²) in [4.78, 5) is 0. The highest BCUT2D eigenvalue weighted by Gasteiger charge is 2.46. The second-order valence-corrected chi connectivity index (χ2v) is 9.87. The van der Waals surface area contributed by atoms with Crippen LogP contribution in [0.2, 0.25) is 0 Å². The van der Waals surface area contributed by atoms with E-state index >= 15 is 0 Å². The number of hydrogen-bond donors (Lipinski definition) is 0. The molecule has 0 saturated heterocycles. The van der Waals surface area contributed by atoms with Crippen molar-refractivity contribution in [3.05, 3.63) is 164 Å². The summed E-state index contributed by atoms with van der Waals surface area (Å²) in [6.07, 6.45) is 2.38. The first-order valence-electron chi connectivity index (χ1n) is 13.5. The third-order valence-corrected chi connectivity index (χ3v) is 7.44. The Morgan fingerprint density at radius 1 is 0.475 bits per heavy atom. The molecule has 1 fully saturated rings. The van der Waals surface area contributed by atoms with E-state index in [9.17, 15) is 10.4 Å². The predicted molar refractivity (Wildman–Crippen MR) is 157 cm³/mol. The fourth-order valence-corrected chi connectivity index (χ4v) is 5.50. The molecule has 5 rings (SSSR count). The van der Waals surface area contributed by atoms with E-state index in [0.29, 0.717) is 25.7 Å². The molecule has 200 valence electrons. The molecule has 0 bridgehead atoms. The van der Waals surface area contributed by atoms with Crippen LogP contribution in [0.5, 0.6) is 0 Å². The average Bonchev–Trinajstić information content (AvgIpc) is 3.03. The van der Waals surface area contributed by atoms with Crippen LogP contribution in [0.15, 0.2) is 121 Å². The zero-order valence-corrected chi connectivity index (χ0v) is 22.1. The monoisotopic (exact) mass is 530 g/mol. The highest BCUT2D eigenvalue weighted by molar-refractivity contribution is 5.45. The van der Waals surface area contributed by atoms with Crippen molar-refractivity contribution in [2.75, 3.05) is 0 Å². The van der Waals surface area contributed by atoms with Gasteiger partial charge in [-0.1, -0.05) is 121 Å². The first kappa shape index (κ1) is 27.0. The van der Waals surface area contributed by atoms with E-state index in [1.165, 1.54) is 0 Å². The van der Waals surface area contributed by atoms with Gasteiger partial charge in [-0.15, -0.1) is 0 Å². The van der Waals surface area contributed by atoms with Crippen LogP contribution in [-0.2, 0) is 20.7 Å². The molecule has 0 aromatic heterocycles. The molecule has 0 atom stereocenters. The predicted octanol–water partition coefficient (Wildman–Crippen LogP) is 7.88. The van der Waals surface area contributed by atoms with E-state index in [1.807, 2.05) is 121 Å². The van der Waals surface area contributed by atoms with Gasteiger partial charge < -0.3 is 19.9 Å². The van der Waals surface area contributed by atoms with Crippen LogP contribution >= 0.6 is 0 Å². The van der Waals surface area contributed by atoms with Crippen molar-refractivity contribution in [2.45, 2.75) is 49.1 Å². The average molecular weight is 531 g/mol. The van der Waals surface area contributed by atoms with Crippen LogP contribution in [-0.4, -0.2) is 12.2 Å². The van der Waals surface area contributed by atoms with Gasteiger partial charge in [0, 0.05) is 32.3 Å².